The van der Waals surface area contributed by atoms with Crippen LogP contribution in [0, 0.1) is 0 Å². The van der Waals surface area contributed by atoms with Crippen LogP contribution in [0.2, 0.25) is 0 Å². The number of hydrogen-bond acceptors (Lipinski definition) is 6. The average Bonchev–Trinajstić information content (AvgIpc) is 3.02. The third kappa shape index (κ3) is 4.52. The number of aromatic nitrogens is 2. The van der Waals surface area contributed by atoms with Gasteiger partial charge in [-0.1, -0.05) is 0 Å². The normalized spacial score (nSPS) is 16.5. The van der Waals surface area contributed by atoms with Gasteiger partial charge in [-0.3, -0.25) is 9.59 Å². The Kier molecular flexibility index (Phi) is 5.54. The number of ether oxygens (including phenoxy) is 1. The first kappa shape index (κ1) is 18.6. The fourth-order valence-corrected chi connectivity index (χ4v) is 2.86. The van der Waals surface area contributed by atoms with Crippen molar-refractivity contribution in [2.75, 3.05) is 23.9 Å². The molecular formula is C19H23N5O3. The van der Waals surface area contributed by atoms with Crippen LogP contribution in [-0.2, 0) is 4.79 Å². The Morgan fingerprint density at radius 3 is 2.48 bits per heavy atom. The Labute approximate surface area is 158 Å². The first-order valence-electron chi connectivity index (χ1n) is 8.80. The molecule has 3 rings (SSSR count). The molecule has 0 aliphatic carbocycles. The lowest BCUT2D eigenvalue weighted by Crippen LogP contribution is -2.37. The molecular weight excluding hydrogens is 346 g/mol. The third-order valence-electron chi connectivity index (χ3n) is 4.18. The summed E-state index contributed by atoms with van der Waals surface area (Å²) in [5, 5.41) is 5.95. The van der Waals surface area contributed by atoms with E-state index in [-0.39, 0.29) is 30.3 Å². The quantitative estimate of drug-likeness (QED) is 0.807. The van der Waals surface area contributed by atoms with E-state index in [9.17, 15) is 9.59 Å². The maximum Gasteiger partial charge on any atom is 0.254 e. The van der Waals surface area contributed by atoms with Gasteiger partial charge >= 0.3 is 0 Å². The molecule has 1 aromatic carbocycles. The Hall–Kier alpha value is -3.16. The highest BCUT2D eigenvalue weighted by Gasteiger charge is 2.31. The summed E-state index contributed by atoms with van der Waals surface area (Å²) in [7, 11) is 1.59. The standard InChI is InChI=1S/C19H23N5O3/c1-12(2)22-19-20-9-13(10-21-19)18(26)23-14-8-17(25)24(11-14)15-4-6-16(27-3)7-5-15/h4-7,9-10,12,14H,8,11H2,1-3H3,(H,23,26)(H,20,21,22). The second-order valence-electron chi connectivity index (χ2n) is 6.67. The van der Waals surface area contributed by atoms with Crippen LogP contribution in [-0.4, -0.2) is 47.5 Å². The van der Waals surface area contributed by atoms with E-state index in [1.54, 1.807) is 24.1 Å². The van der Waals surface area contributed by atoms with Crippen LogP contribution in [0.3, 0.4) is 0 Å². The summed E-state index contributed by atoms with van der Waals surface area (Å²) in [5.41, 5.74) is 1.14. The minimum atomic E-state index is -0.291. The molecule has 1 unspecified atom stereocenters. The van der Waals surface area contributed by atoms with Crippen molar-refractivity contribution in [1.29, 1.82) is 0 Å². The number of nitrogens with one attached hydrogen (secondary N) is 2. The highest BCUT2D eigenvalue weighted by atomic mass is 16.5. The van der Waals surface area contributed by atoms with Crippen molar-refractivity contribution in [1.82, 2.24) is 15.3 Å². The van der Waals surface area contributed by atoms with Crippen molar-refractivity contribution in [3.8, 4) is 5.75 Å². The topological polar surface area (TPSA) is 96.4 Å². The van der Waals surface area contributed by atoms with Crippen LogP contribution in [0.4, 0.5) is 11.6 Å². The molecule has 8 nitrogen and oxygen atoms in total. The summed E-state index contributed by atoms with van der Waals surface area (Å²) in [6.45, 7) is 4.38. The summed E-state index contributed by atoms with van der Waals surface area (Å²) < 4.78 is 5.13. The Bertz CT molecular complexity index is 805. The molecule has 2 heterocycles. The zero-order chi connectivity index (χ0) is 19.4. The van der Waals surface area contributed by atoms with Gasteiger partial charge in [-0.2, -0.15) is 0 Å². The molecule has 1 aliphatic heterocycles. The van der Waals surface area contributed by atoms with E-state index in [1.807, 2.05) is 26.0 Å². The minimum Gasteiger partial charge on any atom is -0.497 e. The Balaban J connectivity index is 1.61. The molecule has 0 saturated carbocycles. The molecule has 1 saturated heterocycles. The van der Waals surface area contributed by atoms with E-state index in [1.165, 1.54) is 12.4 Å². The number of rotatable bonds is 6. The highest BCUT2D eigenvalue weighted by molar-refractivity contribution is 5.98. The average molecular weight is 369 g/mol. The summed E-state index contributed by atoms with van der Waals surface area (Å²) in [4.78, 5) is 34.7. The first-order valence-corrected chi connectivity index (χ1v) is 8.80. The SMILES string of the molecule is COc1ccc(N2CC(NC(=O)c3cnc(NC(C)C)nc3)CC2=O)cc1. The van der Waals surface area contributed by atoms with Crippen LogP contribution >= 0.6 is 0 Å². The van der Waals surface area contributed by atoms with Crippen molar-refractivity contribution in [2.24, 2.45) is 0 Å². The number of carbonyl (C=O) groups is 2. The van der Waals surface area contributed by atoms with Crippen LogP contribution in [0.15, 0.2) is 36.7 Å². The molecule has 27 heavy (non-hydrogen) atoms. The van der Waals surface area contributed by atoms with Crippen LogP contribution in [0.5, 0.6) is 5.75 Å². The fraction of sp³-hybridized carbons (Fsp3) is 0.368. The van der Waals surface area contributed by atoms with Crippen molar-refractivity contribution in [3.05, 3.63) is 42.2 Å². The van der Waals surface area contributed by atoms with Gasteiger partial charge in [-0.25, -0.2) is 9.97 Å². The van der Waals surface area contributed by atoms with Gasteiger partial charge < -0.3 is 20.3 Å². The van der Waals surface area contributed by atoms with E-state index in [0.717, 1.165) is 11.4 Å². The van der Waals surface area contributed by atoms with Crippen LogP contribution in [0.1, 0.15) is 30.6 Å². The number of anilines is 2. The zero-order valence-electron chi connectivity index (χ0n) is 15.6. The lowest BCUT2D eigenvalue weighted by molar-refractivity contribution is -0.117. The van der Waals surface area contributed by atoms with Gasteiger partial charge in [-0.15, -0.1) is 0 Å². The summed E-state index contributed by atoms with van der Waals surface area (Å²) in [5.74, 6) is 0.882. The van der Waals surface area contributed by atoms with Gasteiger partial charge in [-0.05, 0) is 38.1 Å². The predicted octanol–water partition coefficient (Wildman–Crippen LogP) is 1.84. The zero-order valence-corrected chi connectivity index (χ0v) is 15.6. The summed E-state index contributed by atoms with van der Waals surface area (Å²) in [6.07, 6.45) is 3.21. The molecule has 2 aromatic rings. The van der Waals surface area contributed by atoms with Crippen LogP contribution in [0.25, 0.3) is 0 Å². The highest BCUT2D eigenvalue weighted by Crippen LogP contribution is 2.24. The molecule has 0 spiro atoms. The predicted molar refractivity (Wildman–Crippen MR) is 102 cm³/mol. The Morgan fingerprint density at radius 1 is 1.22 bits per heavy atom. The van der Waals surface area contributed by atoms with Crippen molar-refractivity contribution in [2.45, 2.75) is 32.4 Å². The fourth-order valence-electron chi connectivity index (χ4n) is 2.86. The smallest absolute Gasteiger partial charge is 0.254 e. The van der Waals surface area contributed by atoms with Gasteiger partial charge in [0, 0.05) is 37.1 Å². The molecule has 2 N–H and O–H groups in total. The van der Waals surface area contributed by atoms with Gasteiger partial charge in [0.15, 0.2) is 0 Å². The van der Waals surface area contributed by atoms with Crippen molar-refractivity contribution < 1.29 is 14.3 Å². The molecule has 1 aromatic heterocycles. The maximum atomic E-state index is 12.4. The summed E-state index contributed by atoms with van der Waals surface area (Å²) >= 11 is 0. The van der Waals surface area contributed by atoms with Gasteiger partial charge in [0.25, 0.3) is 5.91 Å². The largest absolute Gasteiger partial charge is 0.497 e. The van der Waals surface area contributed by atoms with E-state index in [0.29, 0.717) is 18.1 Å². The Morgan fingerprint density at radius 2 is 1.89 bits per heavy atom. The van der Waals surface area contributed by atoms with Gasteiger partial charge in [0.2, 0.25) is 11.9 Å². The van der Waals surface area contributed by atoms with Gasteiger partial charge in [0.05, 0.1) is 18.7 Å². The summed E-state index contributed by atoms with van der Waals surface area (Å²) in [6, 6.07) is 7.21. The second kappa shape index (κ2) is 8.03. The van der Waals surface area contributed by atoms with E-state index < -0.39 is 0 Å². The number of carbonyl (C=O) groups excluding carboxylic acids is 2. The number of nitrogens with zero attached hydrogens (tertiary/aromatic N) is 3. The molecule has 1 atom stereocenters. The maximum absolute atomic E-state index is 12.4. The number of amides is 2. The second-order valence-corrected chi connectivity index (χ2v) is 6.67. The van der Waals surface area contributed by atoms with Gasteiger partial charge in [0.1, 0.15) is 5.75 Å². The number of benzene rings is 1. The first-order chi connectivity index (χ1) is 13.0. The van der Waals surface area contributed by atoms with Crippen molar-refractivity contribution >= 4 is 23.5 Å². The number of hydrogen-bond donors (Lipinski definition) is 2. The lowest BCUT2D eigenvalue weighted by Gasteiger charge is -2.17. The minimum absolute atomic E-state index is 0.0294. The van der Waals surface area contributed by atoms with E-state index >= 15 is 0 Å². The monoisotopic (exact) mass is 369 g/mol. The molecule has 2 amide bonds. The molecule has 0 radical (unpaired) electrons. The van der Waals surface area contributed by atoms with E-state index in [4.69, 9.17) is 4.74 Å². The molecule has 1 aliphatic rings. The molecule has 0 bridgehead atoms. The number of methoxy groups -OCH3 is 1. The van der Waals surface area contributed by atoms with Crippen LogP contribution < -0.4 is 20.3 Å². The molecule has 142 valence electrons. The molecule has 1 fully saturated rings. The third-order valence-corrected chi connectivity index (χ3v) is 4.18. The van der Waals surface area contributed by atoms with E-state index in [2.05, 4.69) is 20.6 Å². The lowest BCUT2D eigenvalue weighted by atomic mass is 10.2. The van der Waals surface area contributed by atoms with Crippen molar-refractivity contribution in [3.63, 3.8) is 0 Å². The molecule has 8 heteroatoms.